The largest absolute Gasteiger partial charge is 0.481 e. The van der Waals surface area contributed by atoms with Gasteiger partial charge in [0.05, 0.1) is 24.3 Å². The molecule has 3 aromatic rings. The van der Waals surface area contributed by atoms with Crippen LogP contribution < -0.4 is 14.5 Å². The van der Waals surface area contributed by atoms with Crippen LogP contribution in [0.1, 0.15) is 19.3 Å². The highest BCUT2D eigenvalue weighted by molar-refractivity contribution is 6.31. The van der Waals surface area contributed by atoms with Crippen molar-refractivity contribution in [3.05, 3.63) is 41.8 Å². The second-order valence-corrected chi connectivity index (χ2v) is 7.74. The molecule has 8 heteroatoms. The van der Waals surface area contributed by atoms with E-state index in [1.807, 2.05) is 30.5 Å². The van der Waals surface area contributed by atoms with E-state index in [0.29, 0.717) is 23.0 Å². The van der Waals surface area contributed by atoms with E-state index in [-0.39, 0.29) is 0 Å². The minimum atomic E-state index is 0.384. The number of ether oxygens (including phenoxy) is 1. The molecule has 0 amide bonds. The highest BCUT2D eigenvalue weighted by atomic mass is 35.5. The van der Waals surface area contributed by atoms with E-state index in [0.717, 1.165) is 42.2 Å². The second-order valence-electron chi connectivity index (χ2n) is 7.31. The Bertz CT molecular complexity index is 1010. The van der Waals surface area contributed by atoms with Gasteiger partial charge in [0.2, 0.25) is 5.88 Å². The molecule has 28 heavy (non-hydrogen) atoms. The van der Waals surface area contributed by atoms with Crippen molar-refractivity contribution in [2.45, 2.75) is 31.3 Å². The summed E-state index contributed by atoms with van der Waals surface area (Å²) >= 11 is 6.05. The molecule has 1 unspecified atom stereocenters. The van der Waals surface area contributed by atoms with E-state index in [2.05, 4.69) is 24.8 Å². The van der Waals surface area contributed by atoms with Crippen LogP contribution in [0.3, 0.4) is 0 Å². The molecule has 1 saturated carbocycles. The summed E-state index contributed by atoms with van der Waals surface area (Å²) in [7, 11) is 1.64. The summed E-state index contributed by atoms with van der Waals surface area (Å²) in [6, 6.07) is 8.49. The summed E-state index contributed by atoms with van der Waals surface area (Å²) in [5.74, 6) is 2.46. The van der Waals surface area contributed by atoms with Crippen molar-refractivity contribution >= 4 is 34.3 Å². The average Bonchev–Trinajstić information content (AvgIpc) is 3.44. The lowest BCUT2D eigenvalue weighted by Crippen LogP contribution is -2.40. The zero-order valence-corrected chi connectivity index (χ0v) is 16.4. The zero-order chi connectivity index (χ0) is 19.1. The van der Waals surface area contributed by atoms with E-state index < -0.39 is 0 Å². The number of halogens is 1. The Balaban J connectivity index is 1.38. The third-order valence-corrected chi connectivity index (χ3v) is 5.65. The molecule has 144 valence electrons. The van der Waals surface area contributed by atoms with E-state index in [9.17, 15) is 0 Å². The van der Waals surface area contributed by atoms with Crippen LogP contribution in [-0.2, 0) is 0 Å². The van der Waals surface area contributed by atoms with Crippen LogP contribution in [0.5, 0.6) is 5.88 Å². The van der Waals surface area contributed by atoms with Crippen molar-refractivity contribution in [1.29, 1.82) is 0 Å². The van der Waals surface area contributed by atoms with E-state index >= 15 is 0 Å². The number of aromatic nitrogens is 4. The molecule has 2 aliphatic rings. The first-order valence-corrected chi connectivity index (χ1v) is 9.91. The number of methoxy groups -OCH3 is 1. The highest BCUT2D eigenvalue weighted by Crippen LogP contribution is 2.36. The van der Waals surface area contributed by atoms with Crippen molar-refractivity contribution in [2.75, 3.05) is 30.0 Å². The molecule has 1 aromatic carbocycles. The molecule has 7 nitrogen and oxygen atoms in total. The summed E-state index contributed by atoms with van der Waals surface area (Å²) in [5, 5.41) is 0.677. The Hall–Kier alpha value is -2.67. The first-order chi connectivity index (χ1) is 13.7. The Kier molecular flexibility index (Phi) is 4.39. The average molecular weight is 397 g/mol. The standard InChI is InChI=1S/C20H21ClN6O/c1-28-20-9-18(23-12-24-20)27(14-3-4-14)15-6-7-26(11-15)19-10-22-17-8-13(21)2-5-16(17)25-19/h2,5,8-10,12,14-15H,3-4,6-7,11H2,1H3. The molecule has 0 N–H and O–H groups in total. The van der Waals surface area contributed by atoms with Gasteiger partial charge in [-0.25, -0.2) is 15.0 Å². The molecule has 2 fully saturated rings. The van der Waals surface area contributed by atoms with Gasteiger partial charge in [-0.05, 0) is 37.5 Å². The molecule has 1 aliphatic carbocycles. The monoisotopic (exact) mass is 396 g/mol. The fraction of sp³-hybridized carbons (Fsp3) is 0.400. The van der Waals surface area contributed by atoms with E-state index in [1.165, 1.54) is 12.8 Å². The minimum Gasteiger partial charge on any atom is -0.481 e. The molecule has 1 aliphatic heterocycles. The van der Waals surface area contributed by atoms with Crippen molar-refractivity contribution in [2.24, 2.45) is 0 Å². The van der Waals surface area contributed by atoms with Gasteiger partial charge >= 0.3 is 0 Å². The van der Waals surface area contributed by atoms with Gasteiger partial charge in [0.25, 0.3) is 0 Å². The molecule has 1 saturated heterocycles. The Morgan fingerprint density at radius 3 is 2.79 bits per heavy atom. The maximum Gasteiger partial charge on any atom is 0.218 e. The van der Waals surface area contributed by atoms with E-state index in [1.54, 1.807) is 13.4 Å². The number of nitrogens with zero attached hydrogens (tertiary/aromatic N) is 6. The van der Waals surface area contributed by atoms with Crippen LogP contribution in [0, 0.1) is 0 Å². The third-order valence-electron chi connectivity index (χ3n) is 5.41. The van der Waals surface area contributed by atoms with Crippen LogP contribution in [0.2, 0.25) is 5.02 Å². The van der Waals surface area contributed by atoms with Gasteiger partial charge in [0.15, 0.2) is 0 Å². The van der Waals surface area contributed by atoms with Gasteiger partial charge < -0.3 is 14.5 Å². The second kappa shape index (κ2) is 7.05. The predicted octanol–water partition coefficient (Wildman–Crippen LogP) is 3.33. The van der Waals surface area contributed by atoms with Crippen LogP contribution in [0.15, 0.2) is 36.8 Å². The molecule has 3 heterocycles. The summed E-state index contributed by atoms with van der Waals surface area (Å²) in [6.45, 7) is 1.85. The van der Waals surface area contributed by atoms with Gasteiger partial charge in [-0.15, -0.1) is 0 Å². The highest BCUT2D eigenvalue weighted by Gasteiger charge is 2.38. The lowest BCUT2D eigenvalue weighted by atomic mass is 10.2. The van der Waals surface area contributed by atoms with Gasteiger partial charge in [-0.3, -0.25) is 4.98 Å². The number of hydrogen-bond donors (Lipinski definition) is 0. The topological polar surface area (TPSA) is 67.3 Å². The van der Waals surface area contributed by atoms with Crippen LogP contribution >= 0.6 is 11.6 Å². The summed E-state index contributed by atoms with van der Waals surface area (Å²) < 4.78 is 5.29. The van der Waals surface area contributed by atoms with Crippen LogP contribution in [-0.4, -0.2) is 52.2 Å². The first-order valence-electron chi connectivity index (χ1n) is 9.53. The smallest absolute Gasteiger partial charge is 0.218 e. The number of fused-ring (bicyclic) bond motifs is 1. The lowest BCUT2D eigenvalue weighted by molar-refractivity contribution is 0.396. The zero-order valence-electron chi connectivity index (χ0n) is 15.6. The summed E-state index contributed by atoms with van der Waals surface area (Å²) in [5.41, 5.74) is 1.68. The first kappa shape index (κ1) is 17.4. The van der Waals surface area contributed by atoms with Crippen LogP contribution in [0.4, 0.5) is 11.6 Å². The van der Waals surface area contributed by atoms with Gasteiger partial charge in [-0.1, -0.05) is 11.6 Å². The molecule has 1 atom stereocenters. The number of anilines is 2. The van der Waals surface area contributed by atoms with Gasteiger partial charge in [0, 0.05) is 36.3 Å². The van der Waals surface area contributed by atoms with Crippen molar-refractivity contribution in [3.63, 3.8) is 0 Å². The predicted molar refractivity (Wildman–Crippen MR) is 109 cm³/mol. The van der Waals surface area contributed by atoms with Crippen molar-refractivity contribution in [1.82, 2.24) is 19.9 Å². The Morgan fingerprint density at radius 1 is 1.07 bits per heavy atom. The molecule has 0 spiro atoms. The fourth-order valence-electron chi connectivity index (χ4n) is 3.91. The molecular weight excluding hydrogens is 376 g/mol. The van der Waals surface area contributed by atoms with Crippen molar-refractivity contribution < 1.29 is 4.74 Å². The number of rotatable bonds is 5. The Morgan fingerprint density at radius 2 is 1.96 bits per heavy atom. The number of benzene rings is 1. The van der Waals surface area contributed by atoms with Crippen LogP contribution in [0.25, 0.3) is 11.0 Å². The molecule has 2 aromatic heterocycles. The normalized spacial score (nSPS) is 19.2. The van der Waals surface area contributed by atoms with Crippen molar-refractivity contribution in [3.8, 4) is 5.88 Å². The lowest BCUT2D eigenvalue weighted by Gasteiger charge is -2.30. The van der Waals surface area contributed by atoms with E-state index in [4.69, 9.17) is 21.3 Å². The maximum atomic E-state index is 6.05. The number of hydrogen-bond acceptors (Lipinski definition) is 7. The summed E-state index contributed by atoms with van der Waals surface area (Å²) in [4.78, 5) is 22.7. The molecular formula is C20H21ClN6O. The Labute approximate surface area is 168 Å². The fourth-order valence-corrected chi connectivity index (χ4v) is 4.08. The third kappa shape index (κ3) is 3.30. The minimum absolute atomic E-state index is 0.384. The van der Waals surface area contributed by atoms with Gasteiger partial charge in [-0.2, -0.15) is 0 Å². The molecule has 5 rings (SSSR count). The molecule has 0 radical (unpaired) electrons. The molecule has 0 bridgehead atoms. The van der Waals surface area contributed by atoms with Gasteiger partial charge in [0.1, 0.15) is 18.0 Å². The maximum absolute atomic E-state index is 6.05. The summed E-state index contributed by atoms with van der Waals surface area (Å²) in [6.07, 6.45) is 6.90. The SMILES string of the molecule is COc1cc(N(C2CC2)C2CCN(c3cnc4cc(Cl)ccc4n3)C2)ncn1. The quantitative estimate of drug-likeness (QED) is 0.655.